The number of rotatable bonds is 11. The maximum Gasteiger partial charge on any atom is 0.378 e. The summed E-state index contributed by atoms with van der Waals surface area (Å²) in [5, 5.41) is 8.34. The van der Waals surface area contributed by atoms with Gasteiger partial charge in [0.15, 0.2) is 6.61 Å². The van der Waals surface area contributed by atoms with E-state index in [1.807, 2.05) is 0 Å². The fraction of sp³-hybridized carbons (Fsp3) is 0.364. The van der Waals surface area contributed by atoms with Gasteiger partial charge >= 0.3 is 17.9 Å². The van der Waals surface area contributed by atoms with Crippen LogP contribution in [0.2, 0.25) is 0 Å². The summed E-state index contributed by atoms with van der Waals surface area (Å²) in [6.07, 6.45) is 1.06. The standard InChI is InChI=1S/C22H22F2I2O6/c1-3-13(2)15-10-17(25)19(18(26)11-15)31-9-8-30-16-6-4-14(5-7-16)20(27)32-12-22(23,24)21(28)29/h4-7,10-11,13H,3,8-9,12H2,1-2H3,(H,28,29). The van der Waals surface area contributed by atoms with Crippen LogP contribution in [0.4, 0.5) is 8.78 Å². The lowest BCUT2D eigenvalue weighted by atomic mass is 9.99. The van der Waals surface area contributed by atoms with Gasteiger partial charge in [0.2, 0.25) is 0 Å². The molecule has 2 rings (SSSR count). The lowest BCUT2D eigenvalue weighted by molar-refractivity contribution is -0.170. The van der Waals surface area contributed by atoms with Gasteiger partial charge in [-0.05, 0) is 99.5 Å². The molecule has 0 saturated heterocycles. The molecule has 1 unspecified atom stereocenters. The first-order valence-electron chi connectivity index (χ1n) is 9.68. The van der Waals surface area contributed by atoms with Crippen molar-refractivity contribution >= 4 is 57.1 Å². The SMILES string of the molecule is CCC(C)c1cc(I)c(OCCOc2ccc(C(=O)OCC(F)(F)C(=O)O)cc2)c(I)c1. The number of carbonyl (C=O) groups excluding carboxylic acids is 1. The molecule has 0 aliphatic carbocycles. The van der Waals surface area contributed by atoms with Crippen molar-refractivity contribution in [2.75, 3.05) is 19.8 Å². The monoisotopic (exact) mass is 674 g/mol. The van der Waals surface area contributed by atoms with E-state index in [1.165, 1.54) is 29.8 Å². The second-order valence-corrected chi connectivity index (χ2v) is 9.25. The number of aliphatic carboxylic acids is 1. The third-order valence-corrected chi connectivity index (χ3v) is 6.19. The van der Waals surface area contributed by atoms with Crippen molar-refractivity contribution in [3.05, 3.63) is 54.7 Å². The number of halogens is 4. The fourth-order valence-corrected chi connectivity index (χ4v) is 4.66. The Hall–Kier alpha value is -1.70. The Bertz CT molecular complexity index is 927. The highest BCUT2D eigenvalue weighted by Gasteiger charge is 2.40. The summed E-state index contributed by atoms with van der Waals surface area (Å²) in [6, 6.07) is 9.91. The van der Waals surface area contributed by atoms with Crippen LogP contribution in [0, 0.1) is 7.14 Å². The van der Waals surface area contributed by atoms with E-state index in [0.29, 0.717) is 18.3 Å². The van der Waals surface area contributed by atoms with E-state index in [9.17, 15) is 18.4 Å². The minimum atomic E-state index is -4.14. The number of hydrogen-bond donors (Lipinski definition) is 1. The summed E-state index contributed by atoms with van der Waals surface area (Å²) in [5.74, 6) is -5.81. The number of carbonyl (C=O) groups is 2. The molecule has 6 nitrogen and oxygen atoms in total. The molecule has 0 heterocycles. The third kappa shape index (κ3) is 7.42. The maximum absolute atomic E-state index is 13.0. The van der Waals surface area contributed by atoms with Crippen LogP contribution >= 0.6 is 45.2 Å². The zero-order chi connectivity index (χ0) is 23.9. The number of carboxylic acids is 1. The van der Waals surface area contributed by atoms with E-state index in [0.717, 1.165) is 19.3 Å². The highest BCUT2D eigenvalue weighted by atomic mass is 127. The minimum Gasteiger partial charge on any atom is -0.490 e. The Morgan fingerprint density at radius 2 is 1.62 bits per heavy atom. The van der Waals surface area contributed by atoms with Gasteiger partial charge in [-0.2, -0.15) is 8.78 Å². The third-order valence-electron chi connectivity index (χ3n) is 4.59. The average Bonchev–Trinajstić information content (AvgIpc) is 2.76. The van der Waals surface area contributed by atoms with Crippen LogP contribution in [0.5, 0.6) is 11.5 Å². The Kier molecular flexibility index (Phi) is 9.92. The van der Waals surface area contributed by atoms with Crippen LogP contribution in [0.1, 0.15) is 42.1 Å². The van der Waals surface area contributed by atoms with Crippen molar-refractivity contribution in [2.45, 2.75) is 32.1 Å². The Balaban J connectivity index is 1.84. The quantitative estimate of drug-likeness (QED) is 0.186. The highest BCUT2D eigenvalue weighted by molar-refractivity contribution is 14.1. The molecule has 0 amide bonds. The fourth-order valence-electron chi connectivity index (χ4n) is 2.53. The Labute approximate surface area is 211 Å². The number of benzene rings is 2. The summed E-state index contributed by atoms with van der Waals surface area (Å²) < 4.78 is 43.9. The molecule has 0 spiro atoms. The molecule has 32 heavy (non-hydrogen) atoms. The average molecular weight is 674 g/mol. The van der Waals surface area contributed by atoms with Gasteiger partial charge in [-0.3, -0.25) is 0 Å². The smallest absolute Gasteiger partial charge is 0.378 e. The number of esters is 1. The van der Waals surface area contributed by atoms with Crippen LogP contribution in [0.3, 0.4) is 0 Å². The van der Waals surface area contributed by atoms with Crippen molar-refractivity contribution in [1.29, 1.82) is 0 Å². The Morgan fingerprint density at radius 1 is 1.06 bits per heavy atom. The van der Waals surface area contributed by atoms with Crippen molar-refractivity contribution in [2.24, 2.45) is 0 Å². The molecule has 0 aromatic heterocycles. The van der Waals surface area contributed by atoms with Crippen LogP contribution in [-0.2, 0) is 9.53 Å². The molecule has 10 heteroatoms. The number of hydrogen-bond acceptors (Lipinski definition) is 5. The van der Waals surface area contributed by atoms with Crippen LogP contribution in [0.25, 0.3) is 0 Å². The zero-order valence-electron chi connectivity index (χ0n) is 17.4. The molecule has 1 N–H and O–H groups in total. The molecular formula is C22H22F2I2O6. The number of alkyl halides is 2. The second-order valence-electron chi connectivity index (χ2n) is 6.93. The second kappa shape index (κ2) is 12.0. The molecule has 0 aliphatic heterocycles. The van der Waals surface area contributed by atoms with E-state index in [1.54, 1.807) is 0 Å². The van der Waals surface area contributed by atoms with Crippen molar-refractivity contribution in [3.8, 4) is 11.5 Å². The maximum atomic E-state index is 13.0. The van der Waals surface area contributed by atoms with Gasteiger partial charge in [-0.1, -0.05) is 13.8 Å². The van der Waals surface area contributed by atoms with E-state index in [2.05, 4.69) is 75.9 Å². The van der Waals surface area contributed by atoms with Gasteiger partial charge in [0.1, 0.15) is 24.7 Å². The largest absolute Gasteiger partial charge is 0.490 e. The number of ether oxygens (including phenoxy) is 3. The molecule has 0 radical (unpaired) electrons. The molecular weight excluding hydrogens is 652 g/mol. The topological polar surface area (TPSA) is 82.1 Å². The molecule has 2 aromatic rings. The van der Waals surface area contributed by atoms with Gasteiger partial charge in [-0.25, -0.2) is 9.59 Å². The zero-order valence-corrected chi connectivity index (χ0v) is 21.7. The molecule has 1 atom stereocenters. The molecule has 0 saturated carbocycles. The highest BCUT2D eigenvalue weighted by Crippen LogP contribution is 2.32. The lowest BCUT2D eigenvalue weighted by Gasteiger charge is -2.15. The predicted molar refractivity (Wildman–Crippen MR) is 131 cm³/mol. The minimum absolute atomic E-state index is 0.000272. The van der Waals surface area contributed by atoms with Gasteiger partial charge in [0.05, 0.1) is 12.7 Å². The number of carboxylic acid groups (broad SMARTS) is 1. The van der Waals surface area contributed by atoms with Gasteiger partial charge in [-0.15, -0.1) is 0 Å². The first-order chi connectivity index (χ1) is 15.0. The molecule has 174 valence electrons. The molecule has 0 aliphatic rings. The lowest BCUT2D eigenvalue weighted by Crippen LogP contribution is -2.34. The van der Waals surface area contributed by atoms with Gasteiger partial charge in [0, 0.05) is 0 Å². The molecule has 0 fully saturated rings. The van der Waals surface area contributed by atoms with Crippen LogP contribution in [0.15, 0.2) is 36.4 Å². The normalized spacial score (nSPS) is 12.2. The summed E-state index contributed by atoms with van der Waals surface area (Å²) in [4.78, 5) is 22.1. The van der Waals surface area contributed by atoms with Crippen molar-refractivity contribution < 1.29 is 37.7 Å². The van der Waals surface area contributed by atoms with Crippen LogP contribution < -0.4 is 9.47 Å². The summed E-state index contributed by atoms with van der Waals surface area (Å²) >= 11 is 4.51. The van der Waals surface area contributed by atoms with E-state index in [-0.39, 0.29) is 12.2 Å². The summed E-state index contributed by atoms with van der Waals surface area (Å²) in [5.41, 5.74) is 1.27. The summed E-state index contributed by atoms with van der Waals surface area (Å²) in [7, 11) is 0. The Morgan fingerprint density at radius 3 is 2.16 bits per heavy atom. The first-order valence-corrected chi connectivity index (χ1v) is 11.8. The first kappa shape index (κ1) is 26.6. The predicted octanol–water partition coefficient (Wildman–Crippen LogP) is 5.74. The molecule has 2 aromatic carbocycles. The molecule has 0 bridgehead atoms. The van der Waals surface area contributed by atoms with E-state index < -0.39 is 24.5 Å². The van der Waals surface area contributed by atoms with E-state index >= 15 is 0 Å². The summed E-state index contributed by atoms with van der Waals surface area (Å²) in [6.45, 7) is 3.37. The van der Waals surface area contributed by atoms with Crippen molar-refractivity contribution in [3.63, 3.8) is 0 Å². The van der Waals surface area contributed by atoms with Crippen LogP contribution in [-0.4, -0.2) is 42.8 Å². The van der Waals surface area contributed by atoms with Crippen molar-refractivity contribution in [1.82, 2.24) is 0 Å². The van der Waals surface area contributed by atoms with Gasteiger partial charge < -0.3 is 19.3 Å². The van der Waals surface area contributed by atoms with Gasteiger partial charge in [0.25, 0.3) is 0 Å². The van der Waals surface area contributed by atoms with E-state index in [4.69, 9.17) is 14.6 Å².